The van der Waals surface area contributed by atoms with Crippen molar-refractivity contribution in [3.8, 4) is 5.75 Å². The van der Waals surface area contributed by atoms with Crippen LogP contribution in [0.1, 0.15) is 56.3 Å². The SMILES string of the molecule is CC(C)Oc1ccc(C(=O)O)cc1NC(=O)CC1=CCCCC1. The van der Waals surface area contributed by atoms with E-state index in [-0.39, 0.29) is 17.6 Å². The first kappa shape index (κ1) is 17.1. The topological polar surface area (TPSA) is 75.6 Å². The Balaban J connectivity index is 2.14. The molecule has 5 heteroatoms. The molecule has 0 spiro atoms. The first-order chi connectivity index (χ1) is 11.0. The lowest BCUT2D eigenvalue weighted by Gasteiger charge is -2.17. The molecule has 5 nitrogen and oxygen atoms in total. The fraction of sp³-hybridized carbons (Fsp3) is 0.444. The highest BCUT2D eigenvalue weighted by Gasteiger charge is 2.15. The van der Waals surface area contributed by atoms with E-state index in [9.17, 15) is 9.59 Å². The van der Waals surface area contributed by atoms with Crippen molar-refractivity contribution in [2.45, 2.75) is 52.1 Å². The molecule has 1 aromatic rings. The molecule has 0 saturated carbocycles. The highest BCUT2D eigenvalue weighted by Crippen LogP contribution is 2.28. The molecule has 2 rings (SSSR count). The molecule has 0 bridgehead atoms. The monoisotopic (exact) mass is 317 g/mol. The minimum absolute atomic E-state index is 0.0672. The van der Waals surface area contributed by atoms with Crippen LogP contribution in [0.25, 0.3) is 0 Å². The number of carbonyl (C=O) groups is 2. The largest absolute Gasteiger partial charge is 0.489 e. The number of aromatic carboxylic acids is 1. The smallest absolute Gasteiger partial charge is 0.335 e. The molecule has 1 amide bonds. The number of allylic oxidation sites excluding steroid dienone is 1. The maximum Gasteiger partial charge on any atom is 0.335 e. The fourth-order valence-electron chi connectivity index (χ4n) is 2.58. The molecule has 0 saturated heterocycles. The third kappa shape index (κ3) is 5.13. The van der Waals surface area contributed by atoms with Gasteiger partial charge in [0.1, 0.15) is 5.75 Å². The number of nitrogens with one attached hydrogen (secondary N) is 1. The van der Waals surface area contributed by atoms with Gasteiger partial charge in [-0.25, -0.2) is 4.79 Å². The Morgan fingerprint density at radius 1 is 1.30 bits per heavy atom. The number of rotatable bonds is 6. The molecule has 0 unspecified atom stereocenters. The molecule has 2 N–H and O–H groups in total. The number of ether oxygens (including phenoxy) is 1. The Labute approximate surface area is 136 Å². The van der Waals surface area contributed by atoms with Crippen LogP contribution < -0.4 is 10.1 Å². The van der Waals surface area contributed by atoms with Crippen LogP contribution in [0, 0.1) is 0 Å². The number of hydrogen-bond acceptors (Lipinski definition) is 3. The number of carbonyl (C=O) groups excluding carboxylic acids is 1. The number of hydrogen-bond donors (Lipinski definition) is 2. The second-order valence-electron chi connectivity index (χ2n) is 6.02. The van der Waals surface area contributed by atoms with E-state index >= 15 is 0 Å². The zero-order valence-corrected chi connectivity index (χ0v) is 13.6. The normalized spacial score (nSPS) is 14.3. The Kier molecular flexibility index (Phi) is 5.79. The first-order valence-corrected chi connectivity index (χ1v) is 7.97. The summed E-state index contributed by atoms with van der Waals surface area (Å²) in [5.41, 5.74) is 1.67. The zero-order chi connectivity index (χ0) is 16.8. The first-order valence-electron chi connectivity index (χ1n) is 7.97. The van der Waals surface area contributed by atoms with Gasteiger partial charge in [0, 0.05) is 6.42 Å². The Morgan fingerprint density at radius 3 is 2.70 bits per heavy atom. The van der Waals surface area contributed by atoms with Crippen LogP contribution in [0.3, 0.4) is 0 Å². The van der Waals surface area contributed by atoms with Crippen molar-refractivity contribution in [2.75, 3.05) is 5.32 Å². The van der Waals surface area contributed by atoms with Crippen LogP contribution in [0.2, 0.25) is 0 Å². The second kappa shape index (κ2) is 7.81. The van der Waals surface area contributed by atoms with Crippen LogP contribution in [0.5, 0.6) is 5.75 Å². The van der Waals surface area contributed by atoms with Gasteiger partial charge in [0.05, 0.1) is 17.4 Å². The maximum absolute atomic E-state index is 12.2. The van der Waals surface area contributed by atoms with E-state index in [1.165, 1.54) is 18.6 Å². The molecule has 1 aliphatic rings. The van der Waals surface area contributed by atoms with Crippen molar-refractivity contribution in [2.24, 2.45) is 0 Å². The average Bonchev–Trinajstić information content (AvgIpc) is 2.49. The van der Waals surface area contributed by atoms with Gasteiger partial charge in [-0.2, -0.15) is 0 Å². The predicted octanol–water partition coefficient (Wildman–Crippen LogP) is 4.00. The van der Waals surface area contributed by atoms with E-state index in [0.717, 1.165) is 24.8 Å². The summed E-state index contributed by atoms with van der Waals surface area (Å²) in [6, 6.07) is 4.49. The summed E-state index contributed by atoms with van der Waals surface area (Å²) in [5, 5.41) is 11.9. The molecule has 0 fully saturated rings. The summed E-state index contributed by atoms with van der Waals surface area (Å²) in [6.07, 6.45) is 6.69. The van der Waals surface area contributed by atoms with Crippen LogP contribution in [0.15, 0.2) is 29.8 Å². The summed E-state index contributed by atoms with van der Waals surface area (Å²) < 4.78 is 5.65. The lowest BCUT2D eigenvalue weighted by Crippen LogP contribution is -2.16. The predicted molar refractivity (Wildman–Crippen MR) is 89.0 cm³/mol. The van der Waals surface area contributed by atoms with Gasteiger partial charge in [-0.1, -0.05) is 11.6 Å². The molecule has 0 aromatic heterocycles. The van der Waals surface area contributed by atoms with Crippen LogP contribution in [-0.2, 0) is 4.79 Å². The molecule has 1 aromatic carbocycles. The van der Waals surface area contributed by atoms with Crippen molar-refractivity contribution >= 4 is 17.6 Å². The van der Waals surface area contributed by atoms with Crippen LogP contribution in [-0.4, -0.2) is 23.1 Å². The number of anilines is 1. The van der Waals surface area contributed by atoms with Crippen molar-refractivity contribution < 1.29 is 19.4 Å². The standard InChI is InChI=1S/C18H23NO4/c1-12(2)23-16-9-8-14(18(21)22)11-15(16)19-17(20)10-13-6-4-3-5-7-13/h6,8-9,11-12H,3-5,7,10H2,1-2H3,(H,19,20)(H,21,22). The lowest BCUT2D eigenvalue weighted by atomic mass is 9.97. The van der Waals surface area contributed by atoms with Crippen molar-refractivity contribution in [1.82, 2.24) is 0 Å². The maximum atomic E-state index is 12.2. The van der Waals surface area contributed by atoms with Gasteiger partial charge in [0.25, 0.3) is 0 Å². The van der Waals surface area contributed by atoms with Crippen molar-refractivity contribution in [1.29, 1.82) is 0 Å². The minimum atomic E-state index is -1.04. The average molecular weight is 317 g/mol. The zero-order valence-electron chi connectivity index (χ0n) is 13.6. The van der Waals surface area contributed by atoms with E-state index in [1.807, 2.05) is 13.8 Å². The number of benzene rings is 1. The van der Waals surface area contributed by atoms with Gasteiger partial charge in [-0.05, 0) is 57.7 Å². The molecular formula is C18H23NO4. The summed E-state index contributed by atoms with van der Waals surface area (Å²) in [4.78, 5) is 23.4. The van der Waals surface area contributed by atoms with Crippen molar-refractivity contribution in [3.05, 3.63) is 35.4 Å². The number of amides is 1. The van der Waals surface area contributed by atoms with Crippen molar-refractivity contribution in [3.63, 3.8) is 0 Å². The van der Waals surface area contributed by atoms with Gasteiger partial charge < -0.3 is 15.2 Å². The van der Waals surface area contributed by atoms with E-state index in [2.05, 4.69) is 11.4 Å². The summed E-state index contributed by atoms with van der Waals surface area (Å²) in [5.74, 6) is -0.697. The van der Waals surface area contributed by atoms with Gasteiger partial charge in [0.15, 0.2) is 0 Å². The van der Waals surface area contributed by atoms with Crippen LogP contribution >= 0.6 is 0 Å². The quantitative estimate of drug-likeness (QED) is 0.778. The second-order valence-corrected chi connectivity index (χ2v) is 6.02. The van der Waals surface area contributed by atoms with Gasteiger partial charge >= 0.3 is 5.97 Å². The molecule has 124 valence electrons. The summed E-state index contributed by atoms with van der Waals surface area (Å²) >= 11 is 0. The highest BCUT2D eigenvalue weighted by atomic mass is 16.5. The van der Waals surface area contributed by atoms with E-state index < -0.39 is 5.97 Å². The minimum Gasteiger partial charge on any atom is -0.489 e. The summed E-state index contributed by atoms with van der Waals surface area (Å²) in [7, 11) is 0. The Bertz CT molecular complexity index is 619. The number of carboxylic acid groups (broad SMARTS) is 1. The number of carboxylic acids is 1. The molecule has 1 aliphatic carbocycles. The highest BCUT2D eigenvalue weighted by molar-refractivity contribution is 5.96. The molecular weight excluding hydrogens is 294 g/mol. The summed E-state index contributed by atoms with van der Waals surface area (Å²) in [6.45, 7) is 3.76. The molecule has 0 atom stereocenters. The van der Waals surface area contributed by atoms with Gasteiger partial charge in [0.2, 0.25) is 5.91 Å². The van der Waals surface area contributed by atoms with E-state index in [0.29, 0.717) is 17.9 Å². The van der Waals surface area contributed by atoms with Gasteiger partial charge in [-0.15, -0.1) is 0 Å². The Morgan fingerprint density at radius 2 is 2.09 bits per heavy atom. The van der Waals surface area contributed by atoms with Crippen LogP contribution in [0.4, 0.5) is 5.69 Å². The molecule has 23 heavy (non-hydrogen) atoms. The van der Waals surface area contributed by atoms with E-state index in [4.69, 9.17) is 9.84 Å². The molecule has 0 heterocycles. The fourth-order valence-corrected chi connectivity index (χ4v) is 2.58. The van der Waals surface area contributed by atoms with Gasteiger partial charge in [-0.3, -0.25) is 4.79 Å². The molecule has 0 aliphatic heterocycles. The third-order valence-electron chi connectivity index (χ3n) is 3.64. The Hall–Kier alpha value is -2.30. The lowest BCUT2D eigenvalue weighted by molar-refractivity contribution is -0.115. The van der Waals surface area contributed by atoms with E-state index in [1.54, 1.807) is 6.07 Å². The third-order valence-corrected chi connectivity index (χ3v) is 3.64. The molecule has 0 radical (unpaired) electrons.